The third kappa shape index (κ3) is 4.45. The van der Waals surface area contributed by atoms with Crippen LogP contribution in [0.25, 0.3) is 22.3 Å². The number of benzene rings is 2. The van der Waals surface area contributed by atoms with E-state index in [0.717, 1.165) is 24.2 Å². The van der Waals surface area contributed by atoms with Gasteiger partial charge in [-0.05, 0) is 49.2 Å². The Labute approximate surface area is 218 Å². The zero-order chi connectivity index (χ0) is 26.1. The van der Waals surface area contributed by atoms with Gasteiger partial charge in [-0.1, -0.05) is 18.2 Å². The SMILES string of the molecule is Nc1ncc(C(=O)N2CCCC(n3nc(-c4ccc(Oc5ccccc5)cc4)c4c(N)ncnc43)C2)cn1. The first-order chi connectivity index (χ1) is 18.6. The molecule has 1 unspecified atom stereocenters. The minimum absolute atomic E-state index is 0.0892. The minimum atomic E-state index is -0.144. The van der Waals surface area contributed by atoms with Gasteiger partial charge >= 0.3 is 0 Å². The maximum Gasteiger partial charge on any atom is 0.257 e. The lowest BCUT2D eigenvalue weighted by molar-refractivity contribution is 0.0674. The molecule has 0 spiro atoms. The molecule has 4 N–H and O–H groups in total. The number of carbonyl (C=O) groups is 1. The fourth-order valence-corrected chi connectivity index (χ4v) is 4.73. The summed E-state index contributed by atoms with van der Waals surface area (Å²) in [6, 6.07) is 17.2. The molecule has 190 valence electrons. The Bertz CT molecular complexity index is 1590. The van der Waals surface area contributed by atoms with Gasteiger partial charge in [-0.2, -0.15) is 5.10 Å². The molecule has 1 aliphatic rings. The Balaban J connectivity index is 1.31. The highest BCUT2D eigenvalue weighted by Crippen LogP contribution is 2.35. The smallest absolute Gasteiger partial charge is 0.257 e. The number of hydrogen-bond donors (Lipinski definition) is 2. The molecule has 1 fully saturated rings. The van der Waals surface area contributed by atoms with Gasteiger partial charge in [-0.25, -0.2) is 24.6 Å². The van der Waals surface area contributed by atoms with Crippen LogP contribution < -0.4 is 16.2 Å². The molecule has 11 nitrogen and oxygen atoms in total. The number of rotatable bonds is 5. The van der Waals surface area contributed by atoms with Crippen LogP contribution >= 0.6 is 0 Å². The molecule has 2 aromatic carbocycles. The second kappa shape index (κ2) is 9.77. The summed E-state index contributed by atoms with van der Waals surface area (Å²) < 4.78 is 7.80. The molecule has 1 aliphatic heterocycles. The summed E-state index contributed by atoms with van der Waals surface area (Å²) in [6.07, 6.45) is 6.00. The molecule has 5 aromatic rings. The average molecular weight is 508 g/mol. The van der Waals surface area contributed by atoms with Gasteiger partial charge in [0.05, 0.1) is 17.0 Å². The van der Waals surface area contributed by atoms with Crippen molar-refractivity contribution in [1.29, 1.82) is 0 Å². The quantitative estimate of drug-likeness (QED) is 0.363. The van der Waals surface area contributed by atoms with E-state index in [4.69, 9.17) is 21.3 Å². The van der Waals surface area contributed by atoms with Crippen molar-refractivity contribution in [2.75, 3.05) is 24.6 Å². The summed E-state index contributed by atoms with van der Waals surface area (Å²) in [5, 5.41) is 5.63. The monoisotopic (exact) mass is 507 g/mol. The largest absolute Gasteiger partial charge is 0.457 e. The summed E-state index contributed by atoms with van der Waals surface area (Å²) >= 11 is 0. The van der Waals surface area contributed by atoms with E-state index in [1.807, 2.05) is 59.3 Å². The normalized spacial score (nSPS) is 15.5. The van der Waals surface area contributed by atoms with Crippen LogP contribution in [0.2, 0.25) is 0 Å². The Morgan fingerprint density at radius 2 is 1.66 bits per heavy atom. The maximum atomic E-state index is 13.1. The number of aromatic nitrogens is 6. The summed E-state index contributed by atoms with van der Waals surface area (Å²) in [5.74, 6) is 1.80. The lowest BCUT2D eigenvalue weighted by atomic mass is 10.0. The molecule has 0 radical (unpaired) electrons. The number of hydrogen-bond acceptors (Lipinski definition) is 9. The highest BCUT2D eigenvalue weighted by atomic mass is 16.5. The zero-order valence-electron chi connectivity index (χ0n) is 20.4. The first-order valence-electron chi connectivity index (χ1n) is 12.3. The van der Waals surface area contributed by atoms with Crippen LogP contribution in [0.3, 0.4) is 0 Å². The molecule has 6 rings (SSSR count). The standard InChI is InChI=1S/C27H25N9O2/c28-24-22-23(17-8-10-21(11-9-17)38-20-6-2-1-3-7-20)34-36(25(22)33-16-32-24)19-5-4-12-35(15-19)26(37)18-13-30-27(29)31-14-18/h1-3,6-11,13-14,16,19H,4-5,12,15H2,(H2,28,32,33)(H2,29,30,31). The van der Waals surface area contributed by atoms with Crippen molar-refractivity contribution in [2.45, 2.75) is 18.9 Å². The van der Waals surface area contributed by atoms with E-state index in [1.54, 1.807) is 4.90 Å². The summed E-state index contributed by atoms with van der Waals surface area (Å²) in [4.78, 5) is 31.5. The lowest BCUT2D eigenvalue weighted by Gasteiger charge is -2.33. The first kappa shape index (κ1) is 23.3. The molecular formula is C27H25N9O2. The van der Waals surface area contributed by atoms with Crippen molar-refractivity contribution < 1.29 is 9.53 Å². The van der Waals surface area contributed by atoms with E-state index >= 15 is 0 Å². The van der Waals surface area contributed by atoms with E-state index < -0.39 is 0 Å². The maximum absolute atomic E-state index is 13.1. The fraction of sp³-hybridized carbons (Fsp3) is 0.185. The molecule has 0 bridgehead atoms. The number of carbonyl (C=O) groups excluding carboxylic acids is 1. The van der Waals surface area contributed by atoms with Crippen LogP contribution in [0.4, 0.5) is 11.8 Å². The average Bonchev–Trinajstić information content (AvgIpc) is 3.35. The summed E-state index contributed by atoms with van der Waals surface area (Å²) in [7, 11) is 0. The van der Waals surface area contributed by atoms with Crippen LogP contribution in [0.1, 0.15) is 29.2 Å². The molecule has 3 aromatic heterocycles. The van der Waals surface area contributed by atoms with Crippen LogP contribution in [0, 0.1) is 0 Å². The van der Waals surface area contributed by atoms with E-state index in [1.165, 1.54) is 18.7 Å². The number of piperidine rings is 1. The molecule has 1 amide bonds. The number of nitrogen functional groups attached to an aromatic ring is 2. The van der Waals surface area contributed by atoms with Crippen molar-refractivity contribution >= 4 is 28.7 Å². The molecule has 4 heterocycles. The Hall–Kier alpha value is -5.06. The number of ether oxygens (including phenoxy) is 1. The van der Waals surface area contributed by atoms with E-state index in [9.17, 15) is 4.79 Å². The predicted octanol–water partition coefficient (Wildman–Crippen LogP) is 3.72. The first-order valence-corrected chi connectivity index (χ1v) is 12.3. The Morgan fingerprint density at radius 3 is 2.42 bits per heavy atom. The summed E-state index contributed by atoms with van der Waals surface area (Å²) in [6.45, 7) is 1.10. The highest BCUT2D eigenvalue weighted by molar-refractivity contribution is 5.98. The predicted molar refractivity (Wildman–Crippen MR) is 142 cm³/mol. The van der Waals surface area contributed by atoms with Crippen LogP contribution in [0.15, 0.2) is 73.3 Å². The van der Waals surface area contributed by atoms with Gasteiger partial charge in [0.25, 0.3) is 5.91 Å². The highest BCUT2D eigenvalue weighted by Gasteiger charge is 2.29. The van der Waals surface area contributed by atoms with Crippen LogP contribution in [-0.4, -0.2) is 53.6 Å². The van der Waals surface area contributed by atoms with Crippen molar-refractivity contribution in [3.05, 3.63) is 78.9 Å². The van der Waals surface area contributed by atoms with Gasteiger partial charge in [0.2, 0.25) is 5.95 Å². The Morgan fingerprint density at radius 1 is 0.921 bits per heavy atom. The molecule has 1 atom stereocenters. The number of likely N-dealkylation sites (tertiary alicyclic amines) is 1. The van der Waals surface area contributed by atoms with E-state index in [-0.39, 0.29) is 17.9 Å². The van der Waals surface area contributed by atoms with Gasteiger partial charge in [0.1, 0.15) is 29.3 Å². The van der Waals surface area contributed by atoms with Gasteiger partial charge in [0, 0.05) is 31.0 Å². The number of nitrogens with two attached hydrogens (primary N) is 2. The topological polar surface area (TPSA) is 151 Å². The van der Waals surface area contributed by atoms with Crippen LogP contribution in [0.5, 0.6) is 11.5 Å². The van der Waals surface area contributed by atoms with Crippen molar-refractivity contribution in [3.8, 4) is 22.8 Å². The van der Waals surface area contributed by atoms with Crippen molar-refractivity contribution in [1.82, 2.24) is 34.6 Å². The van der Waals surface area contributed by atoms with E-state index in [0.29, 0.717) is 46.9 Å². The molecule has 38 heavy (non-hydrogen) atoms. The van der Waals surface area contributed by atoms with Crippen LogP contribution in [-0.2, 0) is 0 Å². The van der Waals surface area contributed by atoms with Gasteiger partial charge < -0.3 is 21.1 Å². The lowest BCUT2D eigenvalue weighted by Crippen LogP contribution is -2.41. The second-order valence-electron chi connectivity index (χ2n) is 9.07. The second-order valence-corrected chi connectivity index (χ2v) is 9.07. The third-order valence-electron chi connectivity index (χ3n) is 6.57. The van der Waals surface area contributed by atoms with Gasteiger partial charge in [0.15, 0.2) is 5.65 Å². The molecule has 11 heteroatoms. The third-order valence-corrected chi connectivity index (χ3v) is 6.57. The van der Waals surface area contributed by atoms with Gasteiger partial charge in [-0.15, -0.1) is 0 Å². The molecule has 0 aliphatic carbocycles. The molecular weight excluding hydrogens is 482 g/mol. The van der Waals surface area contributed by atoms with E-state index in [2.05, 4.69) is 19.9 Å². The number of para-hydroxylation sites is 1. The number of amides is 1. The Kier molecular flexibility index (Phi) is 6.00. The molecule has 1 saturated heterocycles. The fourth-order valence-electron chi connectivity index (χ4n) is 4.73. The van der Waals surface area contributed by atoms with Crippen molar-refractivity contribution in [2.24, 2.45) is 0 Å². The summed E-state index contributed by atoms with van der Waals surface area (Å²) in [5.41, 5.74) is 14.5. The number of anilines is 2. The molecule has 0 saturated carbocycles. The van der Waals surface area contributed by atoms with Crippen molar-refractivity contribution in [3.63, 3.8) is 0 Å². The number of fused-ring (bicyclic) bond motifs is 1. The number of nitrogens with zero attached hydrogens (tertiary/aromatic N) is 7. The zero-order valence-corrected chi connectivity index (χ0v) is 20.4. The van der Waals surface area contributed by atoms with Gasteiger partial charge in [-0.3, -0.25) is 4.79 Å². The minimum Gasteiger partial charge on any atom is -0.457 e.